The molecule has 0 bridgehead atoms. The number of carbonyl (C=O) groups is 2. The van der Waals surface area contributed by atoms with Crippen LogP contribution in [0.4, 0.5) is 0 Å². The van der Waals surface area contributed by atoms with E-state index < -0.39 is 5.97 Å². The van der Waals surface area contributed by atoms with Gasteiger partial charge in [-0.15, -0.1) is 0 Å². The number of ether oxygens (including phenoxy) is 1. The first-order chi connectivity index (χ1) is 8.08. The van der Waals surface area contributed by atoms with Gasteiger partial charge in [0.25, 0.3) is 0 Å². The molecule has 0 unspecified atom stereocenters. The van der Waals surface area contributed by atoms with Crippen LogP contribution in [-0.4, -0.2) is 36.7 Å². The Morgan fingerprint density at radius 2 is 2.12 bits per heavy atom. The van der Waals surface area contributed by atoms with E-state index >= 15 is 0 Å². The lowest BCUT2D eigenvalue weighted by Gasteiger charge is -2.40. The highest BCUT2D eigenvalue weighted by Gasteiger charge is 2.39. The fourth-order valence-electron chi connectivity index (χ4n) is 2.10. The number of nitrogens with one attached hydrogen (secondary N) is 1. The Morgan fingerprint density at radius 1 is 1.41 bits per heavy atom. The average Bonchev–Trinajstić information content (AvgIpc) is 2.22. The van der Waals surface area contributed by atoms with Crippen molar-refractivity contribution in [2.75, 3.05) is 19.8 Å². The lowest BCUT2D eigenvalue weighted by Crippen LogP contribution is -2.43. The van der Waals surface area contributed by atoms with Gasteiger partial charge in [0.05, 0.1) is 13.0 Å². The van der Waals surface area contributed by atoms with Gasteiger partial charge >= 0.3 is 5.97 Å². The second kappa shape index (κ2) is 6.59. The Labute approximate surface area is 102 Å². The van der Waals surface area contributed by atoms with Crippen LogP contribution in [-0.2, 0) is 14.3 Å². The topological polar surface area (TPSA) is 75.6 Å². The molecule has 0 aromatic heterocycles. The van der Waals surface area contributed by atoms with Gasteiger partial charge in [0, 0.05) is 19.6 Å². The fraction of sp³-hybridized carbons (Fsp3) is 0.833. The van der Waals surface area contributed by atoms with E-state index in [0.717, 1.165) is 19.3 Å². The minimum Gasteiger partial charge on any atom is -0.481 e. The third-order valence-electron chi connectivity index (χ3n) is 3.28. The van der Waals surface area contributed by atoms with E-state index in [-0.39, 0.29) is 17.7 Å². The highest BCUT2D eigenvalue weighted by atomic mass is 16.5. The quantitative estimate of drug-likeness (QED) is 0.627. The Kier molecular flexibility index (Phi) is 5.41. The number of hydrogen-bond acceptors (Lipinski definition) is 3. The van der Waals surface area contributed by atoms with E-state index in [1.54, 1.807) is 0 Å². The summed E-state index contributed by atoms with van der Waals surface area (Å²) in [6, 6.07) is 0. The molecule has 0 radical (unpaired) electrons. The molecule has 1 rings (SSSR count). The van der Waals surface area contributed by atoms with Gasteiger partial charge in [-0.25, -0.2) is 0 Å². The van der Waals surface area contributed by atoms with Gasteiger partial charge in [-0.05, 0) is 25.2 Å². The number of rotatable bonds is 8. The first-order valence-electron chi connectivity index (χ1n) is 6.14. The predicted molar refractivity (Wildman–Crippen MR) is 62.7 cm³/mol. The molecular weight excluding hydrogens is 222 g/mol. The molecule has 2 N–H and O–H groups in total. The molecule has 98 valence electrons. The van der Waals surface area contributed by atoms with E-state index in [1.807, 2.05) is 6.92 Å². The first kappa shape index (κ1) is 14.0. The van der Waals surface area contributed by atoms with Crippen LogP contribution in [0.5, 0.6) is 0 Å². The second-order valence-corrected chi connectivity index (χ2v) is 4.65. The number of carboxylic acid groups (broad SMARTS) is 1. The zero-order valence-electron chi connectivity index (χ0n) is 10.3. The Balaban J connectivity index is 2.23. The van der Waals surface area contributed by atoms with E-state index in [9.17, 15) is 9.59 Å². The molecule has 5 nitrogen and oxygen atoms in total. The van der Waals surface area contributed by atoms with Crippen molar-refractivity contribution >= 4 is 11.9 Å². The maximum Gasteiger partial charge on any atom is 0.303 e. The van der Waals surface area contributed by atoms with E-state index in [1.165, 1.54) is 0 Å². The predicted octanol–water partition coefficient (Wildman–Crippen LogP) is 1.17. The van der Waals surface area contributed by atoms with Crippen LogP contribution < -0.4 is 5.32 Å². The fourth-order valence-corrected chi connectivity index (χ4v) is 2.10. The van der Waals surface area contributed by atoms with Crippen LogP contribution >= 0.6 is 0 Å². The summed E-state index contributed by atoms with van der Waals surface area (Å²) in [5, 5.41) is 11.6. The maximum absolute atomic E-state index is 11.5. The molecule has 1 amide bonds. The molecule has 0 aromatic rings. The van der Waals surface area contributed by atoms with Crippen LogP contribution in [0.15, 0.2) is 0 Å². The summed E-state index contributed by atoms with van der Waals surface area (Å²) in [6.07, 6.45) is 3.34. The summed E-state index contributed by atoms with van der Waals surface area (Å²) in [5.41, 5.74) is -0.201. The maximum atomic E-state index is 11.5. The van der Waals surface area contributed by atoms with E-state index in [2.05, 4.69) is 5.32 Å². The van der Waals surface area contributed by atoms with Crippen LogP contribution in [0.2, 0.25) is 0 Å². The van der Waals surface area contributed by atoms with Crippen molar-refractivity contribution in [1.82, 2.24) is 5.32 Å². The zero-order chi connectivity index (χ0) is 12.7. The molecule has 1 fully saturated rings. The van der Waals surface area contributed by atoms with Crippen molar-refractivity contribution in [3.8, 4) is 0 Å². The van der Waals surface area contributed by atoms with Gasteiger partial charge in [0.1, 0.15) is 0 Å². The second-order valence-electron chi connectivity index (χ2n) is 4.65. The third kappa shape index (κ3) is 4.73. The van der Waals surface area contributed by atoms with Crippen LogP contribution in [0, 0.1) is 5.41 Å². The van der Waals surface area contributed by atoms with Crippen molar-refractivity contribution in [2.24, 2.45) is 5.41 Å². The van der Waals surface area contributed by atoms with Gasteiger partial charge in [-0.3, -0.25) is 9.59 Å². The number of amides is 1. The Morgan fingerprint density at radius 3 is 2.59 bits per heavy atom. The van der Waals surface area contributed by atoms with E-state index in [0.29, 0.717) is 26.2 Å². The van der Waals surface area contributed by atoms with Crippen molar-refractivity contribution in [3.05, 3.63) is 0 Å². The smallest absolute Gasteiger partial charge is 0.303 e. The summed E-state index contributed by atoms with van der Waals surface area (Å²) in [5.74, 6) is -0.844. The molecule has 0 aromatic carbocycles. The third-order valence-corrected chi connectivity index (χ3v) is 3.28. The molecular formula is C12H21NO4. The van der Waals surface area contributed by atoms with Crippen LogP contribution in [0.1, 0.15) is 39.0 Å². The molecule has 0 saturated heterocycles. The van der Waals surface area contributed by atoms with Gasteiger partial charge in [0.2, 0.25) is 5.91 Å². The minimum atomic E-state index is -0.784. The highest BCUT2D eigenvalue weighted by molar-refractivity contribution is 5.76. The molecule has 5 heteroatoms. The summed E-state index contributed by atoms with van der Waals surface area (Å²) < 4.78 is 5.09. The lowest BCUT2D eigenvalue weighted by atomic mass is 9.66. The Hall–Kier alpha value is -1.10. The van der Waals surface area contributed by atoms with Crippen molar-refractivity contribution in [2.45, 2.75) is 39.0 Å². The SMILES string of the molecule is CCOCCC(=O)NCC1(CC(=O)O)CCC1. The van der Waals surface area contributed by atoms with Gasteiger partial charge in [-0.1, -0.05) is 6.42 Å². The molecule has 1 aliphatic carbocycles. The molecule has 1 aliphatic rings. The van der Waals surface area contributed by atoms with Gasteiger partial charge in [0.15, 0.2) is 0 Å². The number of carboxylic acids is 1. The Bertz CT molecular complexity index is 274. The monoisotopic (exact) mass is 243 g/mol. The van der Waals surface area contributed by atoms with Crippen LogP contribution in [0.3, 0.4) is 0 Å². The molecule has 17 heavy (non-hydrogen) atoms. The number of aliphatic carboxylic acids is 1. The highest BCUT2D eigenvalue weighted by Crippen LogP contribution is 2.43. The molecule has 0 aliphatic heterocycles. The summed E-state index contributed by atoms with van der Waals surface area (Å²) in [4.78, 5) is 22.2. The molecule has 1 saturated carbocycles. The summed E-state index contributed by atoms with van der Waals surface area (Å²) in [6.45, 7) is 3.39. The molecule has 0 heterocycles. The van der Waals surface area contributed by atoms with Gasteiger partial charge in [-0.2, -0.15) is 0 Å². The summed E-state index contributed by atoms with van der Waals surface area (Å²) >= 11 is 0. The largest absolute Gasteiger partial charge is 0.481 e. The zero-order valence-corrected chi connectivity index (χ0v) is 10.3. The standard InChI is InChI=1S/C12H21NO4/c1-2-17-7-4-10(14)13-9-12(5-3-6-12)8-11(15)16/h2-9H2,1H3,(H,13,14)(H,15,16). The normalized spacial score (nSPS) is 17.2. The van der Waals surface area contributed by atoms with Crippen molar-refractivity contribution in [1.29, 1.82) is 0 Å². The van der Waals surface area contributed by atoms with E-state index in [4.69, 9.17) is 9.84 Å². The number of hydrogen-bond donors (Lipinski definition) is 2. The summed E-state index contributed by atoms with van der Waals surface area (Å²) in [7, 11) is 0. The lowest BCUT2D eigenvalue weighted by molar-refractivity contribution is -0.142. The van der Waals surface area contributed by atoms with Crippen LogP contribution in [0.25, 0.3) is 0 Å². The van der Waals surface area contributed by atoms with Crippen molar-refractivity contribution in [3.63, 3.8) is 0 Å². The number of carbonyl (C=O) groups excluding carboxylic acids is 1. The average molecular weight is 243 g/mol. The van der Waals surface area contributed by atoms with Gasteiger partial charge < -0.3 is 15.2 Å². The minimum absolute atomic E-state index is 0.0601. The van der Waals surface area contributed by atoms with Crippen molar-refractivity contribution < 1.29 is 19.4 Å². The molecule has 0 spiro atoms. The molecule has 0 atom stereocenters. The first-order valence-corrected chi connectivity index (χ1v) is 6.14.